The maximum atomic E-state index is 10.6. The zero-order valence-corrected chi connectivity index (χ0v) is 10.7. The van der Waals surface area contributed by atoms with Crippen molar-refractivity contribution in [1.29, 1.82) is 0 Å². The van der Waals surface area contributed by atoms with E-state index in [2.05, 4.69) is 27.6 Å². The predicted molar refractivity (Wildman–Crippen MR) is 66.6 cm³/mol. The third-order valence-electron chi connectivity index (χ3n) is 1.89. The number of rotatable bonds is 2. The van der Waals surface area contributed by atoms with Crippen LogP contribution in [-0.2, 0) is 0 Å². The molecule has 6 heteroatoms. The molecular weight excluding hydrogens is 344 g/mol. The molecule has 2 aromatic rings. The maximum absolute atomic E-state index is 10.6. The SMILES string of the molecule is O=C(O)c1coc(-c2ccc(I)c(Cl)c2)n1. The van der Waals surface area contributed by atoms with E-state index in [9.17, 15) is 4.79 Å². The number of nitrogens with zero attached hydrogens (tertiary/aromatic N) is 1. The first-order chi connectivity index (χ1) is 7.58. The van der Waals surface area contributed by atoms with Gasteiger partial charge < -0.3 is 9.52 Å². The Hall–Kier alpha value is -1.08. The Kier molecular flexibility index (Phi) is 3.15. The summed E-state index contributed by atoms with van der Waals surface area (Å²) in [5.74, 6) is -0.873. The first kappa shape index (κ1) is 11.4. The van der Waals surface area contributed by atoms with Crippen molar-refractivity contribution in [3.63, 3.8) is 0 Å². The van der Waals surface area contributed by atoms with Crippen molar-refractivity contribution < 1.29 is 14.3 Å². The van der Waals surface area contributed by atoms with Gasteiger partial charge in [0.05, 0.1) is 5.02 Å². The number of carboxylic acids is 1. The van der Waals surface area contributed by atoms with Gasteiger partial charge >= 0.3 is 5.97 Å². The van der Waals surface area contributed by atoms with Crippen LogP contribution < -0.4 is 0 Å². The number of hydrogen-bond donors (Lipinski definition) is 1. The number of aromatic nitrogens is 1. The second-order valence-corrected chi connectivity index (χ2v) is 4.54. The van der Waals surface area contributed by atoms with E-state index in [1.54, 1.807) is 12.1 Å². The molecule has 0 aliphatic rings. The Morgan fingerprint density at radius 3 is 2.81 bits per heavy atom. The molecule has 1 aromatic heterocycles. The molecule has 0 unspecified atom stereocenters. The molecule has 0 saturated carbocycles. The summed E-state index contributed by atoms with van der Waals surface area (Å²) in [6.07, 6.45) is 1.10. The van der Waals surface area contributed by atoms with E-state index in [4.69, 9.17) is 21.1 Å². The molecule has 16 heavy (non-hydrogen) atoms. The highest BCUT2D eigenvalue weighted by atomic mass is 127. The Morgan fingerprint density at radius 1 is 1.50 bits per heavy atom. The van der Waals surface area contributed by atoms with E-state index in [1.807, 2.05) is 6.07 Å². The number of oxazole rings is 1. The molecule has 0 saturated heterocycles. The van der Waals surface area contributed by atoms with Crippen LogP contribution in [0, 0.1) is 3.57 Å². The highest BCUT2D eigenvalue weighted by molar-refractivity contribution is 14.1. The smallest absolute Gasteiger partial charge is 0.357 e. The van der Waals surface area contributed by atoms with E-state index in [1.165, 1.54) is 0 Å². The highest BCUT2D eigenvalue weighted by Crippen LogP contribution is 2.26. The average molecular weight is 350 g/mol. The van der Waals surface area contributed by atoms with Crippen LogP contribution in [0.1, 0.15) is 10.5 Å². The van der Waals surface area contributed by atoms with Crippen LogP contribution in [0.4, 0.5) is 0 Å². The van der Waals surface area contributed by atoms with E-state index in [-0.39, 0.29) is 11.6 Å². The second-order valence-electron chi connectivity index (χ2n) is 2.97. The van der Waals surface area contributed by atoms with Gasteiger partial charge in [0, 0.05) is 9.13 Å². The molecule has 0 aliphatic carbocycles. The molecule has 82 valence electrons. The summed E-state index contributed by atoms with van der Waals surface area (Å²) in [4.78, 5) is 14.4. The minimum absolute atomic E-state index is 0.121. The normalized spacial score (nSPS) is 10.4. The lowest BCUT2D eigenvalue weighted by atomic mass is 10.2. The van der Waals surface area contributed by atoms with Crippen molar-refractivity contribution in [2.45, 2.75) is 0 Å². The number of aromatic carboxylic acids is 1. The van der Waals surface area contributed by atoms with Gasteiger partial charge in [0.2, 0.25) is 5.89 Å². The summed E-state index contributed by atoms with van der Waals surface area (Å²) >= 11 is 8.04. The van der Waals surface area contributed by atoms with Crippen LogP contribution in [0.3, 0.4) is 0 Å². The van der Waals surface area contributed by atoms with Crippen LogP contribution in [-0.4, -0.2) is 16.1 Å². The van der Waals surface area contributed by atoms with Crippen LogP contribution in [0.15, 0.2) is 28.9 Å². The van der Waals surface area contributed by atoms with Crippen LogP contribution >= 0.6 is 34.2 Å². The van der Waals surface area contributed by atoms with Crippen molar-refractivity contribution in [3.8, 4) is 11.5 Å². The quantitative estimate of drug-likeness (QED) is 0.845. The van der Waals surface area contributed by atoms with Gasteiger partial charge in [0.15, 0.2) is 5.69 Å². The molecule has 0 bridgehead atoms. The first-order valence-electron chi connectivity index (χ1n) is 4.22. The zero-order valence-electron chi connectivity index (χ0n) is 7.78. The van der Waals surface area contributed by atoms with Crippen molar-refractivity contribution in [2.75, 3.05) is 0 Å². The molecule has 0 fully saturated rings. The molecule has 0 amide bonds. The fourth-order valence-corrected chi connectivity index (χ4v) is 1.65. The summed E-state index contributed by atoms with van der Waals surface area (Å²) < 4.78 is 5.96. The van der Waals surface area contributed by atoms with E-state index in [0.29, 0.717) is 10.6 Å². The van der Waals surface area contributed by atoms with E-state index >= 15 is 0 Å². The van der Waals surface area contributed by atoms with Gasteiger partial charge in [-0.05, 0) is 40.8 Å². The molecule has 0 spiro atoms. The molecule has 0 aliphatic heterocycles. The fourth-order valence-electron chi connectivity index (χ4n) is 1.13. The largest absolute Gasteiger partial charge is 0.476 e. The van der Waals surface area contributed by atoms with E-state index < -0.39 is 5.97 Å². The monoisotopic (exact) mass is 349 g/mol. The van der Waals surface area contributed by atoms with Crippen molar-refractivity contribution >= 4 is 40.2 Å². The number of carboxylic acid groups (broad SMARTS) is 1. The average Bonchev–Trinajstić information content (AvgIpc) is 2.71. The summed E-state index contributed by atoms with van der Waals surface area (Å²) in [6, 6.07) is 5.26. The summed E-state index contributed by atoms with van der Waals surface area (Å²) in [7, 11) is 0. The molecular formula is C10H5ClINO3. The van der Waals surface area contributed by atoms with Crippen LogP contribution in [0.2, 0.25) is 5.02 Å². The summed E-state index contributed by atoms with van der Waals surface area (Å²) in [5.41, 5.74) is 0.530. The van der Waals surface area contributed by atoms with Crippen molar-refractivity contribution in [2.24, 2.45) is 0 Å². The third kappa shape index (κ3) is 2.19. The van der Waals surface area contributed by atoms with Gasteiger partial charge in [-0.15, -0.1) is 0 Å². The second kappa shape index (κ2) is 4.42. The molecule has 0 atom stereocenters. The van der Waals surface area contributed by atoms with Gasteiger partial charge in [-0.3, -0.25) is 0 Å². The minimum atomic E-state index is -1.12. The van der Waals surface area contributed by atoms with Gasteiger partial charge in [0.1, 0.15) is 6.26 Å². The van der Waals surface area contributed by atoms with Gasteiger partial charge in [-0.25, -0.2) is 9.78 Å². The third-order valence-corrected chi connectivity index (χ3v) is 3.46. The lowest BCUT2D eigenvalue weighted by Crippen LogP contribution is -1.95. The number of halogens is 2. The zero-order chi connectivity index (χ0) is 11.7. The topological polar surface area (TPSA) is 63.3 Å². The van der Waals surface area contributed by atoms with Gasteiger partial charge in [-0.2, -0.15) is 0 Å². The Morgan fingerprint density at radius 2 is 2.25 bits per heavy atom. The molecule has 2 rings (SSSR count). The number of hydrogen-bond acceptors (Lipinski definition) is 3. The van der Waals surface area contributed by atoms with E-state index in [0.717, 1.165) is 9.83 Å². The maximum Gasteiger partial charge on any atom is 0.357 e. The Bertz CT molecular complexity index is 553. The highest BCUT2D eigenvalue weighted by Gasteiger charge is 2.12. The Balaban J connectivity index is 2.42. The van der Waals surface area contributed by atoms with Crippen LogP contribution in [0.5, 0.6) is 0 Å². The molecule has 1 aromatic carbocycles. The minimum Gasteiger partial charge on any atom is -0.476 e. The van der Waals surface area contributed by atoms with Crippen LogP contribution in [0.25, 0.3) is 11.5 Å². The lowest BCUT2D eigenvalue weighted by molar-refractivity contribution is 0.0690. The fraction of sp³-hybridized carbons (Fsp3) is 0. The lowest BCUT2D eigenvalue weighted by Gasteiger charge is -1.98. The Labute approximate surface area is 109 Å². The summed E-state index contributed by atoms with van der Waals surface area (Å²) in [6.45, 7) is 0. The first-order valence-corrected chi connectivity index (χ1v) is 5.68. The molecule has 4 nitrogen and oxygen atoms in total. The number of carbonyl (C=O) groups is 1. The van der Waals surface area contributed by atoms with Gasteiger partial charge in [-0.1, -0.05) is 11.6 Å². The van der Waals surface area contributed by atoms with Gasteiger partial charge in [0.25, 0.3) is 0 Å². The predicted octanol–water partition coefficient (Wildman–Crippen LogP) is 3.30. The van der Waals surface area contributed by atoms with Crippen molar-refractivity contribution in [1.82, 2.24) is 4.98 Å². The number of benzene rings is 1. The summed E-state index contributed by atoms with van der Waals surface area (Å²) in [5, 5.41) is 9.27. The van der Waals surface area contributed by atoms with Crippen molar-refractivity contribution in [3.05, 3.63) is 38.7 Å². The molecule has 1 heterocycles. The molecule has 0 radical (unpaired) electrons. The molecule has 1 N–H and O–H groups in total. The standard InChI is InChI=1S/C10H5ClINO3/c11-6-3-5(1-2-7(6)12)9-13-8(4-16-9)10(14)15/h1-4H,(H,14,15).